The van der Waals surface area contributed by atoms with Crippen molar-refractivity contribution >= 4 is 22.8 Å². The van der Waals surface area contributed by atoms with Crippen LogP contribution in [0.1, 0.15) is 42.1 Å². The van der Waals surface area contributed by atoms with Crippen molar-refractivity contribution in [1.82, 2.24) is 4.98 Å². The smallest absolute Gasteiger partial charge is 0.186 e. The Hall–Kier alpha value is -0.940. The molecule has 0 aliphatic carbocycles. The largest absolute Gasteiger partial charge is 0.377 e. The standard InChI is InChI=1S/C13H20N2O2S/c1-3-11-12(9-16)18-13(14-11)15-7-5-6-10(8-15)17-4-2/h9-10H,3-8H2,1-2H3. The van der Waals surface area contributed by atoms with Crippen LogP contribution in [0, 0.1) is 0 Å². The molecule has 2 heterocycles. The highest BCUT2D eigenvalue weighted by atomic mass is 32.1. The number of hydrogen-bond acceptors (Lipinski definition) is 5. The van der Waals surface area contributed by atoms with Crippen LogP contribution in [0.2, 0.25) is 0 Å². The zero-order valence-corrected chi connectivity index (χ0v) is 11.8. The molecular weight excluding hydrogens is 248 g/mol. The summed E-state index contributed by atoms with van der Waals surface area (Å²) in [6.07, 6.45) is 4.29. The molecule has 0 amide bonds. The van der Waals surface area contributed by atoms with Crippen molar-refractivity contribution in [2.45, 2.75) is 39.2 Å². The van der Waals surface area contributed by atoms with Crippen molar-refractivity contribution in [2.75, 3.05) is 24.6 Å². The molecule has 0 radical (unpaired) electrons. The third-order valence-corrected chi connectivity index (χ3v) is 4.29. The van der Waals surface area contributed by atoms with E-state index in [2.05, 4.69) is 9.88 Å². The summed E-state index contributed by atoms with van der Waals surface area (Å²) in [5.74, 6) is 0. The molecule has 1 saturated heterocycles. The number of aromatic nitrogens is 1. The average molecular weight is 268 g/mol. The number of carbonyl (C=O) groups excluding carboxylic acids is 1. The average Bonchev–Trinajstić information content (AvgIpc) is 2.82. The van der Waals surface area contributed by atoms with Crippen LogP contribution in [-0.4, -0.2) is 37.1 Å². The van der Waals surface area contributed by atoms with Crippen molar-refractivity contribution in [3.63, 3.8) is 0 Å². The Morgan fingerprint density at radius 1 is 1.56 bits per heavy atom. The second kappa shape index (κ2) is 6.29. The van der Waals surface area contributed by atoms with Crippen LogP contribution in [0.4, 0.5) is 5.13 Å². The number of piperidine rings is 1. The lowest BCUT2D eigenvalue weighted by atomic mass is 10.1. The number of carbonyl (C=O) groups is 1. The van der Waals surface area contributed by atoms with E-state index in [0.717, 1.165) is 60.9 Å². The van der Waals surface area contributed by atoms with E-state index < -0.39 is 0 Å². The second-order valence-electron chi connectivity index (χ2n) is 4.44. The molecule has 1 atom stereocenters. The molecule has 1 aromatic rings. The van der Waals surface area contributed by atoms with Crippen molar-refractivity contribution in [3.05, 3.63) is 10.6 Å². The maximum absolute atomic E-state index is 11.0. The molecule has 4 nitrogen and oxygen atoms in total. The lowest BCUT2D eigenvalue weighted by molar-refractivity contribution is 0.0526. The van der Waals surface area contributed by atoms with Gasteiger partial charge in [0.05, 0.1) is 16.7 Å². The lowest BCUT2D eigenvalue weighted by Crippen LogP contribution is -2.39. The summed E-state index contributed by atoms with van der Waals surface area (Å²) >= 11 is 1.50. The molecule has 1 fully saturated rings. The first-order valence-electron chi connectivity index (χ1n) is 6.59. The van der Waals surface area contributed by atoms with Crippen LogP contribution >= 0.6 is 11.3 Å². The lowest BCUT2D eigenvalue weighted by Gasteiger charge is -2.32. The normalized spacial score (nSPS) is 20.1. The molecule has 5 heteroatoms. The van der Waals surface area contributed by atoms with Crippen molar-refractivity contribution in [2.24, 2.45) is 0 Å². The van der Waals surface area contributed by atoms with E-state index in [9.17, 15) is 4.79 Å². The molecule has 0 saturated carbocycles. The van der Waals surface area contributed by atoms with Gasteiger partial charge < -0.3 is 9.64 Å². The fourth-order valence-electron chi connectivity index (χ4n) is 2.31. The Labute approximate surface area is 112 Å². The van der Waals surface area contributed by atoms with E-state index in [1.54, 1.807) is 0 Å². The van der Waals surface area contributed by atoms with Crippen molar-refractivity contribution in [3.8, 4) is 0 Å². The number of hydrogen-bond donors (Lipinski definition) is 0. The number of aryl methyl sites for hydroxylation is 1. The fraction of sp³-hybridized carbons (Fsp3) is 0.692. The molecule has 1 aliphatic heterocycles. The van der Waals surface area contributed by atoms with Crippen LogP contribution < -0.4 is 4.90 Å². The highest BCUT2D eigenvalue weighted by molar-refractivity contribution is 7.17. The van der Waals surface area contributed by atoms with Crippen LogP contribution in [0.15, 0.2) is 0 Å². The second-order valence-corrected chi connectivity index (χ2v) is 5.45. The highest BCUT2D eigenvalue weighted by Gasteiger charge is 2.23. The van der Waals surface area contributed by atoms with Gasteiger partial charge in [-0.1, -0.05) is 18.3 Å². The van der Waals surface area contributed by atoms with Crippen LogP contribution in [0.3, 0.4) is 0 Å². The van der Waals surface area contributed by atoms with E-state index in [1.807, 2.05) is 13.8 Å². The summed E-state index contributed by atoms with van der Waals surface area (Å²) in [5.41, 5.74) is 0.920. The van der Waals surface area contributed by atoms with E-state index in [1.165, 1.54) is 11.3 Å². The molecular formula is C13H20N2O2S. The van der Waals surface area contributed by atoms with Crippen LogP contribution in [0.25, 0.3) is 0 Å². The van der Waals surface area contributed by atoms with Gasteiger partial charge in [0, 0.05) is 19.7 Å². The van der Waals surface area contributed by atoms with Crippen molar-refractivity contribution < 1.29 is 9.53 Å². The van der Waals surface area contributed by atoms with E-state index in [0.29, 0.717) is 6.10 Å². The zero-order chi connectivity index (χ0) is 13.0. The maximum Gasteiger partial charge on any atom is 0.186 e. The first-order chi connectivity index (χ1) is 8.78. The predicted octanol–water partition coefficient (Wildman–Crippen LogP) is 2.52. The summed E-state index contributed by atoms with van der Waals surface area (Å²) in [7, 11) is 0. The van der Waals surface area contributed by atoms with E-state index in [4.69, 9.17) is 4.74 Å². The fourth-order valence-corrected chi connectivity index (χ4v) is 3.32. The SMILES string of the molecule is CCOC1CCCN(c2nc(CC)c(C=O)s2)C1. The van der Waals surface area contributed by atoms with Gasteiger partial charge >= 0.3 is 0 Å². The zero-order valence-electron chi connectivity index (χ0n) is 11.0. The summed E-state index contributed by atoms with van der Waals surface area (Å²) in [5, 5.41) is 0.971. The van der Waals surface area contributed by atoms with Crippen LogP contribution in [0.5, 0.6) is 0 Å². The molecule has 0 aromatic carbocycles. The predicted molar refractivity (Wildman–Crippen MR) is 73.7 cm³/mol. The van der Waals surface area contributed by atoms with Gasteiger partial charge in [-0.2, -0.15) is 0 Å². The molecule has 1 unspecified atom stereocenters. The van der Waals surface area contributed by atoms with Gasteiger partial charge in [-0.15, -0.1) is 0 Å². The Morgan fingerprint density at radius 2 is 2.39 bits per heavy atom. The summed E-state index contributed by atoms with van der Waals surface area (Å²) in [6, 6.07) is 0. The minimum Gasteiger partial charge on any atom is -0.377 e. The van der Waals surface area contributed by atoms with Gasteiger partial charge in [0.1, 0.15) is 0 Å². The minimum absolute atomic E-state index is 0.303. The maximum atomic E-state index is 11.0. The Kier molecular flexibility index (Phi) is 4.72. The molecule has 0 N–H and O–H groups in total. The van der Waals surface area contributed by atoms with Gasteiger partial charge in [0.25, 0.3) is 0 Å². The number of aldehydes is 1. The first kappa shape index (κ1) is 13.5. The topological polar surface area (TPSA) is 42.4 Å². The third kappa shape index (κ3) is 2.90. The van der Waals surface area contributed by atoms with Crippen molar-refractivity contribution in [1.29, 1.82) is 0 Å². The van der Waals surface area contributed by atoms with Gasteiger partial charge in [-0.05, 0) is 26.2 Å². The molecule has 100 valence electrons. The number of nitrogens with zero attached hydrogens (tertiary/aromatic N) is 2. The number of rotatable bonds is 5. The Morgan fingerprint density at radius 3 is 3.00 bits per heavy atom. The van der Waals surface area contributed by atoms with E-state index in [-0.39, 0.29) is 0 Å². The molecule has 1 aromatic heterocycles. The quantitative estimate of drug-likeness (QED) is 0.770. The third-order valence-electron chi connectivity index (χ3n) is 3.21. The number of thiazole rings is 1. The molecule has 2 rings (SSSR count). The Balaban J connectivity index is 2.10. The summed E-state index contributed by atoms with van der Waals surface area (Å²) in [4.78, 5) is 18.6. The first-order valence-corrected chi connectivity index (χ1v) is 7.41. The summed E-state index contributed by atoms with van der Waals surface area (Å²) in [6.45, 7) is 6.73. The monoisotopic (exact) mass is 268 g/mol. The van der Waals surface area contributed by atoms with Gasteiger partial charge in [-0.3, -0.25) is 4.79 Å². The molecule has 1 aliphatic rings. The van der Waals surface area contributed by atoms with Gasteiger partial charge in [0.2, 0.25) is 0 Å². The summed E-state index contributed by atoms with van der Waals surface area (Å²) < 4.78 is 5.69. The van der Waals surface area contributed by atoms with Gasteiger partial charge in [0.15, 0.2) is 11.4 Å². The molecule has 0 spiro atoms. The minimum atomic E-state index is 0.303. The number of ether oxygens (including phenoxy) is 1. The highest BCUT2D eigenvalue weighted by Crippen LogP contribution is 2.28. The molecule has 18 heavy (non-hydrogen) atoms. The van der Waals surface area contributed by atoms with Gasteiger partial charge in [-0.25, -0.2) is 4.98 Å². The molecule has 0 bridgehead atoms. The van der Waals surface area contributed by atoms with Crippen LogP contribution in [-0.2, 0) is 11.2 Å². The number of anilines is 1. The van der Waals surface area contributed by atoms with E-state index >= 15 is 0 Å². The Bertz CT molecular complexity index is 404.